The number of ether oxygens (including phenoxy) is 1. The maximum absolute atomic E-state index is 12.0. The molecule has 3 atom stereocenters. The van der Waals surface area contributed by atoms with Gasteiger partial charge in [-0.15, -0.1) is 11.6 Å². The lowest BCUT2D eigenvalue weighted by atomic mass is 10.1. The summed E-state index contributed by atoms with van der Waals surface area (Å²) in [6, 6.07) is 0. The summed E-state index contributed by atoms with van der Waals surface area (Å²) in [4.78, 5) is 12.0. The lowest BCUT2D eigenvalue weighted by Crippen LogP contribution is -2.33. The third-order valence-corrected chi connectivity index (χ3v) is 3.33. The smallest absolute Gasteiger partial charge is 0.336 e. The van der Waals surface area contributed by atoms with Gasteiger partial charge in [0, 0.05) is 13.0 Å². The van der Waals surface area contributed by atoms with Gasteiger partial charge in [-0.2, -0.15) is 9.90 Å². The highest BCUT2D eigenvalue weighted by Gasteiger charge is 2.29. The van der Waals surface area contributed by atoms with E-state index in [1.54, 1.807) is 0 Å². The van der Waals surface area contributed by atoms with Gasteiger partial charge in [0.1, 0.15) is 5.60 Å². The molecular formula is C12H27ClO5P2. The summed E-state index contributed by atoms with van der Waals surface area (Å²) in [7, 11) is -0.0512. The SMILES string of the molecule is CCOP(OC)OC(CCCCl)C(=O)OC(C)(C)C.P. The van der Waals surface area contributed by atoms with Crippen LogP contribution in [-0.2, 0) is 23.1 Å². The molecule has 20 heavy (non-hydrogen) atoms. The van der Waals surface area contributed by atoms with Crippen molar-refractivity contribution in [3.05, 3.63) is 0 Å². The molecule has 5 nitrogen and oxygen atoms in total. The van der Waals surface area contributed by atoms with Crippen LogP contribution in [0.25, 0.3) is 0 Å². The van der Waals surface area contributed by atoms with Crippen LogP contribution >= 0.6 is 30.1 Å². The van der Waals surface area contributed by atoms with Crippen molar-refractivity contribution >= 4 is 36.1 Å². The van der Waals surface area contributed by atoms with Crippen LogP contribution in [0.3, 0.4) is 0 Å². The Kier molecular flexibility index (Phi) is 13.8. The first kappa shape index (κ1) is 22.8. The Morgan fingerprint density at radius 3 is 2.35 bits per heavy atom. The van der Waals surface area contributed by atoms with Crippen LogP contribution in [0.5, 0.6) is 0 Å². The first-order valence-corrected chi connectivity index (χ1v) is 7.89. The van der Waals surface area contributed by atoms with Crippen LogP contribution in [0.2, 0.25) is 0 Å². The summed E-state index contributed by atoms with van der Waals surface area (Å²) >= 11 is 5.65. The zero-order valence-corrected chi connectivity index (χ0v) is 16.0. The van der Waals surface area contributed by atoms with Crippen molar-refractivity contribution in [1.82, 2.24) is 0 Å². The molecule has 0 rings (SSSR count). The summed E-state index contributed by atoms with van der Waals surface area (Å²) in [5.41, 5.74) is -0.554. The molecular weight excluding hydrogens is 322 g/mol. The number of hydrogen-bond donors (Lipinski definition) is 0. The topological polar surface area (TPSA) is 54.0 Å². The van der Waals surface area contributed by atoms with Gasteiger partial charge >= 0.3 is 14.6 Å². The highest BCUT2D eigenvalue weighted by molar-refractivity contribution is 7.41. The van der Waals surface area contributed by atoms with E-state index in [9.17, 15) is 4.79 Å². The van der Waals surface area contributed by atoms with Crippen LogP contribution in [0.1, 0.15) is 40.5 Å². The van der Waals surface area contributed by atoms with Crippen LogP contribution in [0.15, 0.2) is 0 Å². The molecule has 0 spiro atoms. The van der Waals surface area contributed by atoms with E-state index in [0.717, 1.165) is 0 Å². The lowest BCUT2D eigenvalue weighted by Gasteiger charge is -2.25. The number of halogens is 1. The molecule has 0 amide bonds. The first-order valence-electron chi connectivity index (χ1n) is 6.26. The molecule has 0 saturated heterocycles. The third kappa shape index (κ3) is 11.2. The fraction of sp³-hybridized carbons (Fsp3) is 0.917. The van der Waals surface area contributed by atoms with Gasteiger partial charge in [0.15, 0.2) is 6.10 Å². The molecule has 0 fully saturated rings. The van der Waals surface area contributed by atoms with Crippen molar-refractivity contribution in [3.8, 4) is 0 Å². The Bertz CT molecular complexity index is 261. The summed E-state index contributed by atoms with van der Waals surface area (Å²) in [6.45, 7) is 7.72. The molecule has 0 radical (unpaired) electrons. The van der Waals surface area contributed by atoms with Gasteiger partial charge in [0.2, 0.25) is 0 Å². The number of hydrogen-bond acceptors (Lipinski definition) is 5. The molecule has 0 N–H and O–H groups in total. The van der Waals surface area contributed by atoms with E-state index in [-0.39, 0.29) is 9.90 Å². The summed E-state index contributed by atoms with van der Waals surface area (Å²) in [6.07, 6.45) is 0.425. The van der Waals surface area contributed by atoms with Crippen LogP contribution in [0, 0.1) is 0 Å². The molecule has 0 bridgehead atoms. The number of carbonyl (C=O) groups is 1. The van der Waals surface area contributed by atoms with Gasteiger partial charge < -0.3 is 13.8 Å². The predicted octanol–water partition coefficient (Wildman–Crippen LogP) is 3.70. The quantitative estimate of drug-likeness (QED) is 0.361. The summed E-state index contributed by atoms with van der Waals surface area (Å²) in [5, 5.41) is 0. The van der Waals surface area contributed by atoms with Crippen LogP contribution < -0.4 is 0 Å². The Morgan fingerprint density at radius 1 is 1.35 bits per heavy atom. The fourth-order valence-corrected chi connectivity index (χ4v) is 2.20. The fourth-order valence-electron chi connectivity index (χ4n) is 1.18. The average Bonchev–Trinajstić information content (AvgIpc) is 2.30. The van der Waals surface area contributed by atoms with Crippen LogP contribution in [-0.4, -0.2) is 37.3 Å². The zero-order chi connectivity index (χ0) is 14.9. The van der Waals surface area contributed by atoms with Gasteiger partial charge in [0.25, 0.3) is 0 Å². The van der Waals surface area contributed by atoms with Crippen molar-refractivity contribution in [3.63, 3.8) is 0 Å². The molecule has 0 heterocycles. The third-order valence-electron chi connectivity index (χ3n) is 1.87. The Morgan fingerprint density at radius 2 is 1.95 bits per heavy atom. The van der Waals surface area contributed by atoms with E-state index in [1.807, 2.05) is 27.7 Å². The monoisotopic (exact) mass is 348 g/mol. The molecule has 0 aliphatic carbocycles. The number of alkyl halides is 1. The van der Waals surface area contributed by atoms with Gasteiger partial charge in [-0.1, -0.05) is 0 Å². The Labute approximate surface area is 131 Å². The maximum atomic E-state index is 12.0. The molecule has 0 saturated carbocycles. The summed E-state index contributed by atoms with van der Waals surface area (Å²) in [5.74, 6) is 0.0456. The molecule has 0 aromatic rings. The van der Waals surface area contributed by atoms with Crippen molar-refractivity contribution in [2.24, 2.45) is 0 Å². The zero-order valence-electron chi connectivity index (χ0n) is 13.0. The Balaban J connectivity index is 0. The lowest BCUT2D eigenvalue weighted by molar-refractivity contribution is -0.164. The van der Waals surface area contributed by atoms with E-state index in [1.165, 1.54) is 7.11 Å². The maximum Gasteiger partial charge on any atom is 0.336 e. The van der Waals surface area contributed by atoms with E-state index >= 15 is 0 Å². The second kappa shape index (κ2) is 12.1. The van der Waals surface area contributed by atoms with Crippen molar-refractivity contribution < 1.29 is 23.1 Å². The minimum absolute atomic E-state index is 0. The van der Waals surface area contributed by atoms with Crippen LogP contribution in [0.4, 0.5) is 0 Å². The first-order chi connectivity index (χ1) is 8.84. The predicted molar refractivity (Wildman–Crippen MR) is 87.3 cm³/mol. The molecule has 0 aliphatic rings. The largest absolute Gasteiger partial charge is 0.458 e. The van der Waals surface area contributed by atoms with Gasteiger partial charge in [-0.05, 0) is 40.5 Å². The number of carbonyl (C=O) groups excluding carboxylic acids is 1. The van der Waals surface area contributed by atoms with Crippen molar-refractivity contribution in [1.29, 1.82) is 0 Å². The standard InChI is InChI=1S/C12H24ClO5P.H3P/c1-6-16-19(15-5)18-10(8-7-9-13)11(14)17-12(2,3)4;/h10H,6-9H2,1-5H3;1H3. The van der Waals surface area contributed by atoms with Gasteiger partial charge in [0.05, 0.1) is 6.61 Å². The van der Waals surface area contributed by atoms with E-state index in [4.69, 9.17) is 29.9 Å². The molecule has 0 aliphatic heterocycles. The van der Waals surface area contributed by atoms with Crippen molar-refractivity contribution in [2.45, 2.75) is 52.2 Å². The molecule has 0 aromatic heterocycles. The normalized spacial score (nSPS) is 14.3. The Hall–Kier alpha value is 0.500. The number of esters is 1. The minimum atomic E-state index is -1.53. The van der Waals surface area contributed by atoms with E-state index in [0.29, 0.717) is 25.3 Å². The van der Waals surface area contributed by atoms with E-state index in [2.05, 4.69) is 0 Å². The second-order valence-electron chi connectivity index (χ2n) is 4.78. The molecule has 3 unspecified atom stereocenters. The number of rotatable bonds is 9. The van der Waals surface area contributed by atoms with E-state index < -0.39 is 26.3 Å². The second-order valence-corrected chi connectivity index (χ2v) is 6.44. The average molecular weight is 349 g/mol. The summed E-state index contributed by atoms with van der Waals surface area (Å²) < 4.78 is 21.2. The van der Waals surface area contributed by atoms with Gasteiger partial charge in [-0.3, -0.25) is 4.52 Å². The molecule has 122 valence electrons. The highest BCUT2D eigenvalue weighted by Crippen LogP contribution is 2.40. The highest BCUT2D eigenvalue weighted by atomic mass is 35.5. The van der Waals surface area contributed by atoms with Crippen molar-refractivity contribution in [2.75, 3.05) is 19.6 Å². The minimum Gasteiger partial charge on any atom is -0.458 e. The van der Waals surface area contributed by atoms with Gasteiger partial charge in [-0.25, -0.2) is 4.79 Å². The molecule has 0 aromatic carbocycles. The molecule has 8 heteroatoms.